The minimum absolute atomic E-state index is 0.0601. The van der Waals surface area contributed by atoms with Crippen LogP contribution in [0, 0.1) is 13.8 Å². The predicted molar refractivity (Wildman–Crippen MR) is 58.9 cm³/mol. The molecule has 80 valence electrons. The number of ether oxygens (including phenoxy) is 1. The first-order valence-corrected chi connectivity index (χ1v) is 5.39. The predicted octanol–water partition coefficient (Wildman–Crippen LogP) is 2.72. The van der Waals surface area contributed by atoms with Crippen LogP contribution in [0.25, 0.3) is 0 Å². The zero-order chi connectivity index (χ0) is 10.8. The molecule has 1 fully saturated rings. The van der Waals surface area contributed by atoms with Gasteiger partial charge in [-0.1, -0.05) is 18.2 Å². The summed E-state index contributed by atoms with van der Waals surface area (Å²) in [5, 5.41) is 0. The lowest BCUT2D eigenvalue weighted by Gasteiger charge is -2.22. The largest absolute Gasteiger partial charge is 0.465 e. The fourth-order valence-corrected chi connectivity index (χ4v) is 1.92. The normalized spacial score (nSPS) is 21.2. The Hall–Kier alpha value is -1.31. The smallest absolute Gasteiger partial charge is 0.305 e. The molecular formula is C13H16O2. The molecule has 1 aliphatic rings. The third kappa shape index (κ3) is 2.20. The molecule has 0 amide bonds. The summed E-state index contributed by atoms with van der Waals surface area (Å²) in [6, 6.07) is 6.49. The van der Waals surface area contributed by atoms with E-state index in [1.54, 1.807) is 0 Å². The van der Waals surface area contributed by atoms with Gasteiger partial charge in [-0.25, -0.2) is 0 Å². The molecule has 2 heteroatoms. The summed E-state index contributed by atoms with van der Waals surface area (Å²) < 4.78 is 5.08. The van der Waals surface area contributed by atoms with Crippen molar-refractivity contribution in [2.75, 3.05) is 6.61 Å². The lowest BCUT2D eigenvalue weighted by Crippen LogP contribution is -2.20. The number of carbonyl (C=O) groups excluding carboxylic acids is 1. The van der Waals surface area contributed by atoms with E-state index in [9.17, 15) is 4.79 Å². The molecule has 1 aromatic rings. The van der Waals surface area contributed by atoms with Gasteiger partial charge in [0.1, 0.15) is 0 Å². The van der Waals surface area contributed by atoms with E-state index in [2.05, 4.69) is 32.0 Å². The van der Waals surface area contributed by atoms with Gasteiger partial charge >= 0.3 is 5.97 Å². The van der Waals surface area contributed by atoms with E-state index in [0.717, 1.165) is 6.42 Å². The van der Waals surface area contributed by atoms with Crippen LogP contribution in [0.15, 0.2) is 18.2 Å². The number of benzene rings is 1. The van der Waals surface area contributed by atoms with E-state index in [0.29, 0.717) is 18.9 Å². The Morgan fingerprint density at radius 3 is 2.67 bits per heavy atom. The topological polar surface area (TPSA) is 26.3 Å². The van der Waals surface area contributed by atoms with Gasteiger partial charge < -0.3 is 4.74 Å². The maximum Gasteiger partial charge on any atom is 0.305 e. The third-order valence-corrected chi connectivity index (χ3v) is 3.14. The van der Waals surface area contributed by atoms with Gasteiger partial charge in [-0.05, 0) is 37.0 Å². The Morgan fingerprint density at radius 2 is 2.07 bits per heavy atom. The maximum atomic E-state index is 10.9. The molecule has 1 aliphatic heterocycles. The Labute approximate surface area is 90.3 Å². The Kier molecular flexibility index (Phi) is 2.76. The first-order valence-electron chi connectivity index (χ1n) is 5.39. The molecule has 0 radical (unpaired) electrons. The molecule has 2 rings (SSSR count). The lowest BCUT2D eigenvalue weighted by atomic mass is 9.91. The fraction of sp³-hybridized carbons (Fsp3) is 0.462. The molecule has 0 spiro atoms. The average Bonchev–Trinajstić information content (AvgIpc) is 2.23. The first-order chi connectivity index (χ1) is 7.16. The summed E-state index contributed by atoms with van der Waals surface area (Å²) in [6.07, 6.45) is 1.47. The van der Waals surface area contributed by atoms with Gasteiger partial charge in [0.2, 0.25) is 0 Å². The van der Waals surface area contributed by atoms with Crippen molar-refractivity contribution in [2.45, 2.75) is 32.6 Å². The number of aryl methyl sites for hydroxylation is 2. The third-order valence-electron chi connectivity index (χ3n) is 3.14. The van der Waals surface area contributed by atoms with Crippen LogP contribution in [0.4, 0.5) is 0 Å². The average molecular weight is 204 g/mol. The number of hydrogen-bond donors (Lipinski definition) is 0. The van der Waals surface area contributed by atoms with Gasteiger partial charge in [0.15, 0.2) is 0 Å². The van der Waals surface area contributed by atoms with Gasteiger partial charge in [-0.2, -0.15) is 0 Å². The quantitative estimate of drug-likeness (QED) is 0.657. The van der Waals surface area contributed by atoms with Crippen LogP contribution in [0.2, 0.25) is 0 Å². The molecule has 1 heterocycles. The molecule has 1 saturated heterocycles. The number of hydrogen-bond acceptors (Lipinski definition) is 2. The molecule has 1 atom stereocenters. The van der Waals surface area contributed by atoms with Crippen molar-refractivity contribution in [3.05, 3.63) is 34.9 Å². The van der Waals surface area contributed by atoms with Crippen LogP contribution < -0.4 is 0 Å². The summed E-state index contributed by atoms with van der Waals surface area (Å²) in [5.74, 6) is 0.331. The van der Waals surface area contributed by atoms with Gasteiger partial charge in [-0.15, -0.1) is 0 Å². The second-order valence-corrected chi connectivity index (χ2v) is 4.26. The molecule has 0 aromatic heterocycles. The monoisotopic (exact) mass is 204 g/mol. The van der Waals surface area contributed by atoms with Crippen molar-refractivity contribution in [3.63, 3.8) is 0 Å². The molecule has 0 saturated carbocycles. The van der Waals surface area contributed by atoms with E-state index < -0.39 is 0 Å². The van der Waals surface area contributed by atoms with Crippen molar-refractivity contribution in [1.29, 1.82) is 0 Å². The second kappa shape index (κ2) is 4.05. The molecule has 0 aliphatic carbocycles. The first kappa shape index (κ1) is 10.2. The van der Waals surface area contributed by atoms with Crippen LogP contribution in [-0.2, 0) is 9.53 Å². The van der Waals surface area contributed by atoms with Crippen molar-refractivity contribution < 1.29 is 9.53 Å². The highest BCUT2D eigenvalue weighted by atomic mass is 16.5. The van der Waals surface area contributed by atoms with Crippen molar-refractivity contribution in [3.8, 4) is 0 Å². The molecule has 1 unspecified atom stereocenters. The van der Waals surface area contributed by atoms with E-state index in [1.165, 1.54) is 16.7 Å². The molecular weight excluding hydrogens is 188 g/mol. The van der Waals surface area contributed by atoms with Crippen LogP contribution in [-0.4, -0.2) is 12.6 Å². The maximum absolute atomic E-state index is 10.9. The standard InChI is InChI=1S/C13H16O2/c1-9-3-4-11(7-10(9)2)12-5-6-13(14)15-8-12/h3-4,7,12H,5-6,8H2,1-2H3. The summed E-state index contributed by atoms with van der Waals surface area (Å²) in [7, 11) is 0. The van der Waals surface area contributed by atoms with Crippen molar-refractivity contribution in [1.82, 2.24) is 0 Å². The van der Waals surface area contributed by atoms with Crippen molar-refractivity contribution in [2.24, 2.45) is 0 Å². The number of rotatable bonds is 1. The van der Waals surface area contributed by atoms with Crippen LogP contribution in [0.5, 0.6) is 0 Å². The van der Waals surface area contributed by atoms with Crippen molar-refractivity contribution >= 4 is 5.97 Å². The van der Waals surface area contributed by atoms with Crippen LogP contribution in [0.3, 0.4) is 0 Å². The summed E-state index contributed by atoms with van der Waals surface area (Å²) in [5.41, 5.74) is 3.92. The highest BCUT2D eigenvalue weighted by Crippen LogP contribution is 2.27. The van der Waals surface area contributed by atoms with Gasteiger partial charge in [0.25, 0.3) is 0 Å². The summed E-state index contributed by atoms with van der Waals surface area (Å²) in [6.45, 7) is 4.77. The number of carbonyl (C=O) groups is 1. The second-order valence-electron chi connectivity index (χ2n) is 4.26. The van der Waals surface area contributed by atoms with Gasteiger partial charge in [0.05, 0.1) is 6.61 Å². The Balaban J connectivity index is 2.16. The van der Waals surface area contributed by atoms with E-state index in [-0.39, 0.29) is 5.97 Å². The number of cyclic esters (lactones) is 1. The van der Waals surface area contributed by atoms with Gasteiger partial charge in [-0.3, -0.25) is 4.79 Å². The molecule has 0 bridgehead atoms. The minimum Gasteiger partial charge on any atom is -0.465 e. The molecule has 0 N–H and O–H groups in total. The van der Waals surface area contributed by atoms with E-state index >= 15 is 0 Å². The zero-order valence-corrected chi connectivity index (χ0v) is 9.25. The zero-order valence-electron chi connectivity index (χ0n) is 9.25. The minimum atomic E-state index is -0.0601. The van der Waals surface area contributed by atoms with Crippen LogP contribution in [0.1, 0.15) is 35.4 Å². The molecule has 1 aromatic carbocycles. The van der Waals surface area contributed by atoms with Crippen LogP contribution >= 0.6 is 0 Å². The lowest BCUT2D eigenvalue weighted by molar-refractivity contribution is -0.147. The molecule has 15 heavy (non-hydrogen) atoms. The Bertz CT molecular complexity index is 372. The summed E-state index contributed by atoms with van der Waals surface area (Å²) >= 11 is 0. The Morgan fingerprint density at radius 1 is 1.27 bits per heavy atom. The van der Waals surface area contributed by atoms with Gasteiger partial charge in [0, 0.05) is 12.3 Å². The highest BCUT2D eigenvalue weighted by Gasteiger charge is 2.21. The van der Waals surface area contributed by atoms with E-state index in [4.69, 9.17) is 4.74 Å². The fourth-order valence-electron chi connectivity index (χ4n) is 1.92. The SMILES string of the molecule is Cc1ccc(C2CCC(=O)OC2)cc1C. The molecule has 2 nitrogen and oxygen atoms in total. The highest BCUT2D eigenvalue weighted by molar-refractivity contribution is 5.70. The van der Waals surface area contributed by atoms with E-state index in [1.807, 2.05) is 0 Å². The number of esters is 1. The summed E-state index contributed by atoms with van der Waals surface area (Å²) in [4.78, 5) is 10.9.